The predicted octanol–water partition coefficient (Wildman–Crippen LogP) is 5.92. The molecule has 0 aliphatic rings. The maximum atomic E-state index is 5.97. The molecular formula is C18H39N. The highest BCUT2D eigenvalue weighted by Crippen LogP contribution is 2.23. The first-order valence-electron chi connectivity index (χ1n) is 8.96. The SMILES string of the molecule is CCCCCCCCC(CN)C(C)CCCCCC. The third-order valence-electron chi connectivity index (χ3n) is 4.55. The van der Waals surface area contributed by atoms with E-state index >= 15 is 0 Å². The van der Waals surface area contributed by atoms with Gasteiger partial charge in [0.1, 0.15) is 0 Å². The highest BCUT2D eigenvalue weighted by Gasteiger charge is 2.14. The van der Waals surface area contributed by atoms with Gasteiger partial charge in [0.2, 0.25) is 0 Å². The molecule has 0 heterocycles. The molecule has 116 valence electrons. The lowest BCUT2D eigenvalue weighted by atomic mass is 9.85. The normalized spacial score (nSPS) is 14.5. The Kier molecular flexibility index (Phi) is 14.3. The van der Waals surface area contributed by atoms with Crippen molar-refractivity contribution >= 4 is 0 Å². The van der Waals surface area contributed by atoms with Crippen LogP contribution in [0.15, 0.2) is 0 Å². The van der Waals surface area contributed by atoms with Crippen molar-refractivity contribution in [3.05, 3.63) is 0 Å². The molecule has 0 aliphatic heterocycles. The zero-order chi connectivity index (χ0) is 14.3. The van der Waals surface area contributed by atoms with Crippen molar-refractivity contribution in [2.45, 2.75) is 97.8 Å². The first-order chi connectivity index (χ1) is 9.26. The van der Waals surface area contributed by atoms with Crippen LogP contribution in [0.25, 0.3) is 0 Å². The molecule has 0 aromatic carbocycles. The van der Waals surface area contributed by atoms with Crippen molar-refractivity contribution in [2.24, 2.45) is 17.6 Å². The van der Waals surface area contributed by atoms with Gasteiger partial charge < -0.3 is 5.73 Å². The van der Waals surface area contributed by atoms with Crippen LogP contribution in [0, 0.1) is 11.8 Å². The molecule has 2 N–H and O–H groups in total. The second-order valence-corrected chi connectivity index (χ2v) is 6.38. The quantitative estimate of drug-likeness (QED) is 0.389. The van der Waals surface area contributed by atoms with Crippen LogP contribution >= 0.6 is 0 Å². The van der Waals surface area contributed by atoms with Gasteiger partial charge in [0, 0.05) is 0 Å². The van der Waals surface area contributed by atoms with E-state index in [-0.39, 0.29) is 0 Å². The van der Waals surface area contributed by atoms with Gasteiger partial charge >= 0.3 is 0 Å². The van der Waals surface area contributed by atoms with Crippen LogP contribution in [0.1, 0.15) is 97.8 Å². The molecule has 0 bridgehead atoms. The van der Waals surface area contributed by atoms with E-state index in [0.717, 1.165) is 18.4 Å². The maximum Gasteiger partial charge on any atom is -0.00463 e. The monoisotopic (exact) mass is 269 g/mol. The molecule has 0 spiro atoms. The number of hydrogen-bond donors (Lipinski definition) is 1. The first kappa shape index (κ1) is 19.0. The fourth-order valence-electron chi connectivity index (χ4n) is 2.95. The Morgan fingerprint density at radius 2 is 1.16 bits per heavy atom. The minimum Gasteiger partial charge on any atom is -0.330 e. The van der Waals surface area contributed by atoms with Gasteiger partial charge in [-0.05, 0) is 24.8 Å². The van der Waals surface area contributed by atoms with Crippen LogP contribution in [-0.4, -0.2) is 6.54 Å². The molecule has 0 saturated heterocycles. The van der Waals surface area contributed by atoms with E-state index in [1.165, 1.54) is 77.0 Å². The Labute approximate surface area is 122 Å². The van der Waals surface area contributed by atoms with E-state index in [4.69, 9.17) is 5.73 Å². The summed E-state index contributed by atoms with van der Waals surface area (Å²) in [5, 5.41) is 0. The summed E-state index contributed by atoms with van der Waals surface area (Å²) in [7, 11) is 0. The maximum absolute atomic E-state index is 5.97. The van der Waals surface area contributed by atoms with Crippen LogP contribution < -0.4 is 5.73 Å². The molecule has 2 atom stereocenters. The van der Waals surface area contributed by atoms with Crippen molar-refractivity contribution in [3.8, 4) is 0 Å². The van der Waals surface area contributed by atoms with E-state index in [9.17, 15) is 0 Å². The summed E-state index contributed by atoms with van der Waals surface area (Å²) in [6, 6.07) is 0. The first-order valence-corrected chi connectivity index (χ1v) is 8.96. The van der Waals surface area contributed by atoms with Gasteiger partial charge in [-0.3, -0.25) is 0 Å². The molecule has 1 nitrogen and oxygen atoms in total. The predicted molar refractivity (Wildman–Crippen MR) is 88.5 cm³/mol. The van der Waals surface area contributed by atoms with E-state index in [1.807, 2.05) is 0 Å². The van der Waals surface area contributed by atoms with Crippen LogP contribution in [-0.2, 0) is 0 Å². The summed E-state index contributed by atoms with van der Waals surface area (Å²) in [5.74, 6) is 1.60. The Balaban J connectivity index is 3.56. The lowest BCUT2D eigenvalue weighted by molar-refractivity contribution is 0.306. The molecule has 0 rings (SSSR count). The number of nitrogens with two attached hydrogens (primary N) is 1. The summed E-state index contributed by atoms with van der Waals surface area (Å²) >= 11 is 0. The fraction of sp³-hybridized carbons (Fsp3) is 1.00. The highest BCUT2D eigenvalue weighted by molar-refractivity contribution is 4.68. The van der Waals surface area contributed by atoms with Gasteiger partial charge in [-0.15, -0.1) is 0 Å². The molecule has 0 saturated carbocycles. The van der Waals surface area contributed by atoms with Gasteiger partial charge in [-0.2, -0.15) is 0 Å². The Morgan fingerprint density at radius 1 is 0.684 bits per heavy atom. The van der Waals surface area contributed by atoms with Crippen molar-refractivity contribution in [1.82, 2.24) is 0 Å². The summed E-state index contributed by atoms with van der Waals surface area (Å²) in [6.45, 7) is 7.87. The third kappa shape index (κ3) is 11.5. The average Bonchev–Trinajstić information content (AvgIpc) is 2.42. The Hall–Kier alpha value is -0.0400. The van der Waals surface area contributed by atoms with Crippen molar-refractivity contribution in [1.29, 1.82) is 0 Å². The zero-order valence-electron chi connectivity index (χ0n) is 13.9. The zero-order valence-corrected chi connectivity index (χ0v) is 13.9. The van der Waals surface area contributed by atoms with Crippen molar-refractivity contribution in [3.63, 3.8) is 0 Å². The van der Waals surface area contributed by atoms with Crippen LogP contribution in [0.4, 0.5) is 0 Å². The molecule has 0 aromatic rings. The van der Waals surface area contributed by atoms with E-state index in [0.29, 0.717) is 0 Å². The summed E-state index contributed by atoms with van der Waals surface area (Å²) < 4.78 is 0. The summed E-state index contributed by atoms with van der Waals surface area (Å²) in [6.07, 6.45) is 16.7. The molecule has 0 fully saturated rings. The lowest BCUT2D eigenvalue weighted by Gasteiger charge is -2.22. The molecule has 2 unspecified atom stereocenters. The molecule has 0 aliphatic carbocycles. The minimum absolute atomic E-state index is 0.771. The van der Waals surface area contributed by atoms with Gasteiger partial charge in [-0.1, -0.05) is 91.4 Å². The third-order valence-corrected chi connectivity index (χ3v) is 4.55. The molecule has 1 heteroatoms. The van der Waals surface area contributed by atoms with E-state index in [2.05, 4.69) is 20.8 Å². The topological polar surface area (TPSA) is 26.0 Å². The molecule has 0 amide bonds. The largest absolute Gasteiger partial charge is 0.330 e. The van der Waals surface area contributed by atoms with Crippen molar-refractivity contribution in [2.75, 3.05) is 6.54 Å². The lowest BCUT2D eigenvalue weighted by Crippen LogP contribution is -2.21. The van der Waals surface area contributed by atoms with E-state index in [1.54, 1.807) is 0 Å². The number of rotatable bonds is 14. The van der Waals surface area contributed by atoms with Crippen molar-refractivity contribution < 1.29 is 0 Å². The fourth-order valence-corrected chi connectivity index (χ4v) is 2.95. The van der Waals surface area contributed by atoms with Gasteiger partial charge in [-0.25, -0.2) is 0 Å². The number of unbranched alkanes of at least 4 members (excludes halogenated alkanes) is 8. The van der Waals surface area contributed by atoms with Crippen LogP contribution in [0.3, 0.4) is 0 Å². The minimum atomic E-state index is 0.771. The highest BCUT2D eigenvalue weighted by atomic mass is 14.6. The van der Waals surface area contributed by atoms with Gasteiger partial charge in [0.15, 0.2) is 0 Å². The average molecular weight is 270 g/mol. The van der Waals surface area contributed by atoms with Gasteiger partial charge in [0.25, 0.3) is 0 Å². The van der Waals surface area contributed by atoms with E-state index < -0.39 is 0 Å². The molecule has 0 radical (unpaired) electrons. The summed E-state index contributed by atoms with van der Waals surface area (Å²) in [5.41, 5.74) is 5.97. The Bertz CT molecular complexity index is 167. The number of hydrogen-bond acceptors (Lipinski definition) is 1. The van der Waals surface area contributed by atoms with Crippen LogP contribution in [0.5, 0.6) is 0 Å². The van der Waals surface area contributed by atoms with Crippen LogP contribution in [0.2, 0.25) is 0 Å². The Morgan fingerprint density at radius 3 is 1.74 bits per heavy atom. The molecule has 19 heavy (non-hydrogen) atoms. The molecule has 0 aromatic heterocycles. The summed E-state index contributed by atoms with van der Waals surface area (Å²) in [4.78, 5) is 0. The standard InChI is InChI=1S/C18H39N/c1-4-6-8-10-11-13-15-18(16-19)17(3)14-12-9-7-5-2/h17-18H,4-16,19H2,1-3H3. The van der Waals surface area contributed by atoms with Gasteiger partial charge in [0.05, 0.1) is 0 Å². The second kappa shape index (κ2) is 14.4. The smallest absolute Gasteiger partial charge is 0.00463 e. The molecular weight excluding hydrogens is 230 g/mol. The second-order valence-electron chi connectivity index (χ2n) is 6.38.